The van der Waals surface area contributed by atoms with Crippen molar-refractivity contribution in [3.05, 3.63) is 35.4 Å². The van der Waals surface area contributed by atoms with Crippen LogP contribution in [0.5, 0.6) is 0 Å². The van der Waals surface area contributed by atoms with Crippen molar-refractivity contribution in [1.82, 2.24) is 0 Å². The fraction of sp³-hybridized carbons (Fsp3) is 0.125. The van der Waals surface area contributed by atoms with E-state index in [1.165, 1.54) is 0 Å². The van der Waals surface area contributed by atoms with Gasteiger partial charge in [-0.1, -0.05) is 17.7 Å². The smallest absolute Gasteiger partial charge is 0.335 e. The van der Waals surface area contributed by atoms with E-state index < -0.39 is 5.97 Å². The second kappa shape index (κ2) is 4.17. The molecule has 3 heteroatoms. The summed E-state index contributed by atoms with van der Waals surface area (Å²) in [5.41, 5.74) is 1.41. The molecule has 0 spiro atoms. The van der Waals surface area contributed by atoms with Crippen LogP contribution in [0.1, 0.15) is 15.9 Å². The predicted molar refractivity (Wildman–Crippen MR) is 38.1 cm³/mol. The standard InChI is InChI=1S/C8H8O2.Cr/c1-6-2-4-7(5-3-6)8(9)10;/h2-5H,1H3,(H,9,10);. The topological polar surface area (TPSA) is 37.3 Å². The van der Waals surface area contributed by atoms with Gasteiger partial charge in [-0.25, -0.2) is 4.79 Å². The van der Waals surface area contributed by atoms with Gasteiger partial charge >= 0.3 is 5.97 Å². The summed E-state index contributed by atoms with van der Waals surface area (Å²) in [6.07, 6.45) is 0. The Morgan fingerprint density at radius 2 is 1.73 bits per heavy atom. The van der Waals surface area contributed by atoms with Crippen LogP contribution in [0, 0.1) is 6.92 Å². The van der Waals surface area contributed by atoms with E-state index in [-0.39, 0.29) is 17.4 Å². The second-order valence-corrected chi connectivity index (χ2v) is 2.17. The van der Waals surface area contributed by atoms with Crippen LogP contribution in [0.3, 0.4) is 0 Å². The summed E-state index contributed by atoms with van der Waals surface area (Å²) in [5.74, 6) is -0.875. The molecule has 0 saturated carbocycles. The van der Waals surface area contributed by atoms with E-state index >= 15 is 0 Å². The summed E-state index contributed by atoms with van der Waals surface area (Å²) in [6.45, 7) is 1.92. The predicted octanol–water partition coefficient (Wildman–Crippen LogP) is 1.69. The van der Waals surface area contributed by atoms with E-state index in [0.717, 1.165) is 5.56 Å². The number of carbonyl (C=O) groups is 1. The fourth-order valence-electron chi connectivity index (χ4n) is 0.696. The van der Waals surface area contributed by atoms with Crippen LogP contribution in [-0.2, 0) is 17.4 Å². The van der Waals surface area contributed by atoms with Gasteiger partial charge in [0.2, 0.25) is 0 Å². The normalized spacial score (nSPS) is 8.45. The Hall–Kier alpha value is -0.778. The molecule has 0 fully saturated rings. The van der Waals surface area contributed by atoms with Crippen molar-refractivity contribution in [3.8, 4) is 0 Å². The van der Waals surface area contributed by atoms with Gasteiger partial charge in [0, 0.05) is 17.4 Å². The van der Waals surface area contributed by atoms with Crippen molar-refractivity contribution in [2.24, 2.45) is 0 Å². The van der Waals surface area contributed by atoms with E-state index in [1.54, 1.807) is 24.3 Å². The van der Waals surface area contributed by atoms with Gasteiger partial charge in [0.15, 0.2) is 0 Å². The molecule has 11 heavy (non-hydrogen) atoms. The average Bonchev–Trinajstić information content (AvgIpc) is 1.88. The largest absolute Gasteiger partial charge is 0.478 e. The quantitative estimate of drug-likeness (QED) is 0.728. The maximum atomic E-state index is 10.3. The summed E-state index contributed by atoms with van der Waals surface area (Å²) in [4.78, 5) is 10.3. The first-order valence-electron chi connectivity index (χ1n) is 3.00. The molecule has 0 amide bonds. The van der Waals surface area contributed by atoms with E-state index in [0.29, 0.717) is 5.56 Å². The molecule has 0 radical (unpaired) electrons. The van der Waals surface area contributed by atoms with Crippen molar-refractivity contribution in [1.29, 1.82) is 0 Å². The van der Waals surface area contributed by atoms with Gasteiger partial charge < -0.3 is 5.11 Å². The molecule has 58 valence electrons. The number of aryl methyl sites for hydroxylation is 1. The molecule has 0 aliphatic heterocycles. The molecule has 0 aliphatic carbocycles. The number of hydrogen-bond acceptors (Lipinski definition) is 1. The van der Waals surface area contributed by atoms with Gasteiger partial charge in [0.05, 0.1) is 5.56 Å². The Morgan fingerprint density at radius 1 is 1.27 bits per heavy atom. The molecule has 1 aromatic rings. The zero-order chi connectivity index (χ0) is 7.56. The van der Waals surface area contributed by atoms with Crippen LogP contribution >= 0.6 is 0 Å². The number of carboxylic acid groups (broad SMARTS) is 1. The first-order valence-corrected chi connectivity index (χ1v) is 3.00. The van der Waals surface area contributed by atoms with Crippen LogP contribution in [0.25, 0.3) is 0 Å². The fourth-order valence-corrected chi connectivity index (χ4v) is 0.696. The second-order valence-electron chi connectivity index (χ2n) is 2.17. The number of hydrogen-bond donors (Lipinski definition) is 1. The Morgan fingerprint density at radius 3 is 2.09 bits per heavy atom. The van der Waals surface area contributed by atoms with Gasteiger partial charge in [0.25, 0.3) is 0 Å². The molecular formula is C8H8CrO2. The van der Waals surface area contributed by atoms with Crippen LogP contribution in [0.15, 0.2) is 24.3 Å². The molecule has 1 N–H and O–H groups in total. The number of aromatic carboxylic acids is 1. The Balaban J connectivity index is 0.000001000. The minimum absolute atomic E-state index is 0. The van der Waals surface area contributed by atoms with E-state index in [9.17, 15) is 4.79 Å². The van der Waals surface area contributed by atoms with Gasteiger partial charge in [-0.3, -0.25) is 0 Å². The minimum atomic E-state index is -0.875. The zero-order valence-electron chi connectivity index (χ0n) is 6.07. The third-order valence-corrected chi connectivity index (χ3v) is 1.30. The maximum Gasteiger partial charge on any atom is 0.335 e. The first kappa shape index (κ1) is 10.2. The molecule has 0 saturated heterocycles. The molecule has 0 aromatic heterocycles. The van der Waals surface area contributed by atoms with Crippen LogP contribution in [0.2, 0.25) is 0 Å². The SMILES string of the molecule is Cc1ccc(C(=O)O)cc1.[Cr]. The number of benzene rings is 1. The minimum Gasteiger partial charge on any atom is -0.478 e. The van der Waals surface area contributed by atoms with Crippen molar-refractivity contribution in [2.45, 2.75) is 6.92 Å². The molecule has 0 heterocycles. The molecule has 2 nitrogen and oxygen atoms in total. The number of rotatable bonds is 1. The van der Waals surface area contributed by atoms with Crippen LogP contribution < -0.4 is 0 Å². The molecule has 0 unspecified atom stereocenters. The van der Waals surface area contributed by atoms with Crippen molar-refractivity contribution in [3.63, 3.8) is 0 Å². The summed E-state index contributed by atoms with van der Waals surface area (Å²) < 4.78 is 0. The Bertz CT molecular complexity index is 241. The van der Waals surface area contributed by atoms with Crippen LogP contribution in [0.4, 0.5) is 0 Å². The monoisotopic (exact) mass is 188 g/mol. The summed E-state index contributed by atoms with van der Waals surface area (Å²) in [7, 11) is 0. The molecular weight excluding hydrogens is 180 g/mol. The molecule has 1 rings (SSSR count). The van der Waals surface area contributed by atoms with Crippen molar-refractivity contribution < 1.29 is 27.3 Å². The van der Waals surface area contributed by atoms with Crippen LogP contribution in [-0.4, -0.2) is 11.1 Å². The van der Waals surface area contributed by atoms with E-state index in [4.69, 9.17) is 5.11 Å². The van der Waals surface area contributed by atoms with Gasteiger partial charge in [-0.2, -0.15) is 0 Å². The molecule has 1 aromatic carbocycles. The zero-order valence-corrected chi connectivity index (χ0v) is 7.35. The van der Waals surface area contributed by atoms with E-state index in [2.05, 4.69) is 0 Å². The van der Waals surface area contributed by atoms with Gasteiger partial charge in [0.1, 0.15) is 0 Å². The molecule has 0 aliphatic rings. The van der Waals surface area contributed by atoms with Gasteiger partial charge in [-0.15, -0.1) is 0 Å². The number of carboxylic acids is 1. The third-order valence-electron chi connectivity index (χ3n) is 1.30. The molecule has 0 bridgehead atoms. The Kier molecular flexibility index (Phi) is 3.88. The first-order chi connectivity index (χ1) is 4.70. The summed E-state index contributed by atoms with van der Waals surface area (Å²) >= 11 is 0. The third kappa shape index (κ3) is 2.75. The summed E-state index contributed by atoms with van der Waals surface area (Å²) in [5, 5.41) is 8.48. The summed E-state index contributed by atoms with van der Waals surface area (Å²) in [6, 6.07) is 6.75. The van der Waals surface area contributed by atoms with E-state index in [1.807, 2.05) is 6.92 Å². The van der Waals surface area contributed by atoms with Crippen molar-refractivity contribution >= 4 is 5.97 Å². The Labute approximate surface area is 76.0 Å². The van der Waals surface area contributed by atoms with Gasteiger partial charge in [-0.05, 0) is 19.1 Å². The molecule has 0 atom stereocenters. The average molecular weight is 188 g/mol. The van der Waals surface area contributed by atoms with Crippen molar-refractivity contribution in [2.75, 3.05) is 0 Å². The maximum absolute atomic E-state index is 10.3.